The second-order valence-electron chi connectivity index (χ2n) is 10.1. The van der Waals surface area contributed by atoms with Crippen LogP contribution in [-0.4, -0.2) is 5.78 Å². The molecule has 0 heterocycles. The number of hydrogen-bond acceptors (Lipinski definition) is 1. The molecule has 0 N–H and O–H groups in total. The number of rotatable bonds is 15. The molecule has 2 atom stereocenters. The fourth-order valence-electron chi connectivity index (χ4n) is 4.81. The molecule has 1 nitrogen and oxygen atoms in total. The van der Waals surface area contributed by atoms with E-state index in [1.165, 1.54) is 93.8 Å². The maximum Gasteiger partial charge on any atom is 0.146 e. The van der Waals surface area contributed by atoms with Gasteiger partial charge >= 0.3 is 0 Å². The molecule has 1 aliphatic rings. The van der Waals surface area contributed by atoms with Crippen LogP contribution in [0, 0.1) is 11.8 Å². The Bertz CT molecular complexity index is 577. The van der Waals surface area contributed by atoms with Gasteiger partial charge in [0.2, 0.25) is 0 Å². The minimum Gasteiger partial charge on any atom is -0.298 e. The summed E-state index contributed by atoms with van der Waals surface area (Å²) < 4.78 is 0. The molecule has 2 unspecified atom stereocenters. The van der Waals surface area contributed by atoms with Crippen molar-refractivity contribution in [3.05, 3.63) is 34.9 Å². The summed E-state index contributed by atoms with van der Waals surface area (Å²) in [6.45, 7) is 11.0. The van der Waals surface area contributed by atoms with Crippen LogP contribution in [0.15, 0.2) is 34.9 Å². The van der Waals surface area contributed by atoms with E-state index < -0.39 is 0 Å². The van der Waals surface area contributed by atoms with Gasteiger partial charge in [-0.3, -0.25) is 4.79 Å². The molecule has 0 fully saturated rings. The fourth-order valence-corrected chi connectivity index (χ4v) is 4.81. The highest BCUT2D eigenvalue weighted by molar-refractivity contribution is 5.88. The molecule has 1 aliphatic carbocycles. The number of allylic oxidation sites excluding steroid dienone is 6. The summed E-state index contributed by atoms with van der Waals surface area (Å²) in [6.07, 6.45) is 27.5. The Labute approximate surface area is 194 Å². The summed E-state index contributed by atoms with van der Waals surface area (Å²) in [4.78, 5) is 13.3. The largest absolute Gasteiger partial charge is 0.298 e. The number of Topliss-reactive ketones (excluding diaryl/α,β-unsaturated/α-hetero) is 1. The highest BCUT2D eigenvalue weighted by atomic mass is 16.1. The standard InChI is InChI=1S/C30H52O/c1-6-7-8-9-10-11-12-13-14-15-16-17-22-28(5)30(31)29-26(3)21-19-18-20-25(2)23-24-27(29)4/h20-21,24,28-29H,6-19,22-23H2,1-5H3/b25-20+,26-21+,27-24+. The van der Waals surface area contributed by atoms with E-state index >= 15 is 0 Å². The van der Waals surface area contributed by atoms with Gasteiger partial charge in [-0.25, -0.2) is 0 Å². The van der Waals surface area contributed by atoms with Gasteiger partial charge < -0.3 is 0 Å². The molecule has 0 aromatic carbocycles. The van der Waals surface area contributed by atoms with Gasteiger partial charge in [0.1, 0.15) is 5.78 Å². The highest BCUT2D eigenvalue weighted by Crippen LogP contribution is 2.29. The molecule has 1 rings (SSSR count). The minimum atomic E-state index is -0.00164. The van der Waals surface area contributed by atoms with Gasteiger partial charge in [-0.15, -0.1) is 0 Å². The lowest BCUT2D eigenvalue weighted by atomic mass is 9.80. The number of carbonyl (C=O) groups excluding carboxylic acids is 1. The average molecular weight is 429 g/mol. The molecule has 0 radical (unpaired) electrons. The van der Waals surface area contributed by atoms with Gasteiger partial charge in [0, 0.05) is 5.92 Å². The van der Waals surface area contributed by atoms with E-state index in [-0.39, 0.29) is 11.8 Å². The summed E-state index contributed by atoms with van der Waals surface area (Å²) in [5.41, 5.74) is 3.92. The van der Waals surface area contributed by atoms with Crippen LogP contribution in [0.5, 0.6) is 0 Å². The van der Waals surface area contributed by atoms with E-state index in [1.807, 2.05) is 0 Å². The van der Waals surface area contributed by atoms with Gasteiger partial charge in [-0.2, -0.15) is 0 Å². The summed E-state index contributed by atoms with van der Waals surface area (Å²) in [5.74, 6) is 0.602. The Kier molecular flexibility index (Phi) is 15.7. The summed E-state index contributed by atoms with van der Waals surface area (Å²) in [6, 6.07) is 0. The zero-order valence-corrected chi connectivity index (χ0v) is 21.6. The van der Waals surface area contributed by atoms with Gasteiger partial charge in [-0.05, 0) is 46.5 Å². The third-order valence-corrected chi connectivity index (χ3v) is 7.04. The van der Waals surface area contributed by atoms with Crippen LogP contribution < -0.4 is 0 Å². The molecule has 0 aromatic rings. The second-order valence-corrected chi connectivity index (χ2v) is 10.1. The van der Waals surface area contributed by atoms with Gasteiger partial charge in [0.15, 0.2) is 0 Å². The summed E-state index contributed by atoms with van der Waals surface area (Å²) >= 11 is 0. The molecule has 0 saturated carbocycles. The molecule has 31 heavy (non-hydrogen) atoms. The summed E-state index contributed by atoms with van der Waals surface area (Å²) in [5, 5.41) is 0. The Balaban J connectivity index is 2.29. The summed E-state index contributed by atoms with van der Waals surface area (Å²) in [7, 11) is 0. The van der Waals surface area contributed by atoms with Crippen molar-refractivity contribution in [3.8, 4) is 0 Å². The van der Waals surface area contributed by atoms with Crippen molar-refractivity contribution in [1.29, 1.82) is 0 Å². The number of ketones is 1. The van der Waals surface area contributed by atoms with Gasteiger partial charge in [-0.1, -0.05) is 126 Å². The molecule has 178 valence electrons. The molecular formula is C30H52O. The molecule has 1 heteroatoms. The first kappa shape index (κ1) is 27.9. The first-order chi connectivity index (χ1) is 15.0. The van der Waals surface area contributed by atoms with Crippen LogP contribution in [-0.2, 0) is 4.79 Å². The van der Waals surface area contributed by atoms with E-state index in [0.29, 0.717) is 5.78 Å². The quantitative estimate of drug-likeness (QED) is 0.187. The first-order valence-electron chi connectivity index (χ1n) is 13.5. The normalized spacial score (nSPS) is 23.8. The lowest BCUT2D eigenvalue weighted by Gasteiger charge is -2.23. The van der Waals surface area contributed by atoms with Crippen LogP contribution in [0.4, 0.5) is 0 Å². The Morgan fingerprint density at radius 3 is 1.84 bits per heavy atom. The molecule has 0 bridgehead atoms. The van der Waals surface area contributed by atoms with Gasteiger partial charge in [0.05, 0.1) is 5.92 Å². The Morgan fingerprint density at radius 2 is 1.26 bits per heavy atom. The van der Waals surface area contributed by atoms with Crippen molar-refractivity contribution in [2.24, 2.45) is 11.8 Å². The van der Waals surface area contributed by atoms with Crippen molar-refractivity contribution in [2.75, 3.05) is 0 Å². The lowest BCUT2D eigenvalue weighted by molar-refractivity contribution is -0.124. The zero-order valence-electron chi connectivity index (χ0n) is 21.6. The maximum absolute atomic E-state index is 13.3. The highest BCUT2D eigenvalue weighted by Gasteiger charge is 2.26. The van der Waals surface area contributed by atoms with Crippen molar-refractivity contribution < 1.29 is 4.79 Å². The minimum absolute atomic E-state index is 0.00164. The van der Waals surface area contributed by atoms with E-state index in [9.17, 15) is 4.79 Å². The maximum atomic E-state index is 13.3. The third-order valence-electron chi connectivity index (χ3n) is 7.04. The molecule has 0 aliphatic heterocycles. The van der Waals surface area contributed by atoms with E-state index in [1.54, 1.807) is 0 Å². The SMILES string of the molecule is CCCCCCCCCCCCCCC(C)C(=O)C1/C(C)=C/CC/C=C(\C)C/C=C/1C. The Morgan fingerprint density at radius 1 is 0.774 bits per heavy atom. The van der Waals surface area contributed by atoms with Crippen molar-refractivity contribution in [3.63, 3.8) is 0 Å². The number of carbonyl (C=O) groups is 1. The van der Waals surface area contributed by atoms with E-state index in [2.05, 4.69) is 52.8 Å². The molecule has 0 amide bonds. The lowest BCUT2D eigenvalue weighted by Crippen LogP contribution is -2.24. The second kappa shape index (κ2) is 17.4. The fraction of sp³-hybridized carbons (Fsp3) is 0.767. The van der Waals surface area contributed by atoms with Crippen molar-refractivity contribution >= 4 is 5.78 Å². The zero-order chi connectivity index (χ0) is 22.9. The smallest absolute Gasteiger partial charge is 0.146 e. The number of unbranched alkanes of at least 4 members (excludes halogenated alkanes) is 11. The molecule has 0 spiro atoms. The van der Waals surface area contributed by atoms with Gasteiger partial charge in [0.25, 0.3) is 0 Å². The van der Waals surface area contributed by atoms with Crippen LogP contribution in [0.25, 0.3) is 0 Å². The molecule has 0 aromatic heterocycles. The molecular weight excluding hydrogens is 376 g/mol. The first-order valence-corrected chi connectivity index (χ1v) is 13.5. The topological polar surface area (TPSA) is 17.1 Å². The predicted octanol–water partition coefficient (Wildman–Crippen LogP) is 9.92. The monoisotopic (exact) mass is 428 g/mol. The van der Waals surface area contributed by atoms with E-state index in [0.717, 1.165) is 25.7 Å². The average Bonchev–Trinajstić information content (AvgIpc) is 2.75. The van der Waals surface area contributed by atoms with Crippen LogP contribution >= 0.6 is 0 Å². The van der Waals surface area contributed by atoms with Crippen molar-refractivity contribution in [1.82, 2.24) is 0 Å². The number of hydrogen-bond donors (Lipinski definition) is 0. The van der Waals surface area contributed by atoms with Crippen LogP contribution in [0.2, 0.25) is 0 Å². The molecule has 0 saturated heterocycles. The van der Waals surface area contributed by atoms with Crippen molar-refractivity contribution in [2.45, 2.75) is 137 Å². The van der Waals surface area contributed by atoms with E-state index in [4.69, 9.17) is 0 Å². The Hall–Kier alpha value is -1.11. The van der Waals surface area contributed by atoms with Crippen LogP contribution in [0.1, 0.15) is 137 Å². The predicted molar refractivity (Wildman–Crippen MR) is 138 cm³/mol. The van der Waals surface area contributed by atoms with Crippen LogP contribution in [0.3, 0.4) is 0 Å². The third kappa shape index (κ3) is 12.5.